The van der Waals surface area contributed by atoms with Crippen LogP contribution in [0.3, 0.4) is 0 Å². The second-order valence-electron chi connectivity index (χ2n) is 3.47. The monoisotopic (exact) mass is 248 g/mol. The van der Waals surface area contributed by atoms with Crippen molar-refractivity contribution in [2.45, 2.75) is 10.9 Å². The zero-order valence-electron chi connectivity index (χ0n) is 9.09. The molecule has 17 heavy (non-hydrogen) atoms. The van der Waals surface area contributed by atoms with Crippen LogP contribution in [0.2, 0.25) is 0 Å². The molecular weight excluding hydrogens is 239 g/mol. The maximum atomic E-state index is 13.2. The van der Waals surface area contributed by atoms with Crippen molar-refractivity contribution >= 4 is 11.8 Å². The van der Waals surface area contributed by atoms with E-state index in [2.05, 4.69) is 10.2 Å². The van der Waals surface area contributed by atoms with Gasteiger partial charge < -0.3 is 4.57 Å². The summed E-state index contributed by atoms with van der Waals surface area (Å²) in [6, 6.07) is 6.24. The molecule has 0 spiro atoms. The second-order valence-corrected chi connectivity index (χ2v) is 4.42. The van der Waals surface area contributed by atoms with Crippen molar-refractivity contribution in [2.24, 2.45) is 7.05 Å². The number of nitriles is 1. The maximum absolute atomic E-state index is 13.2. The highest BCUT2D eigenvalue weighted by Gasteiger charge is 2.04. The summed E-state index contributed by atoms with van der Waals surface area (Å²) in [5.41, 5.74) is 1.09. The van der Waals surface area contributed by atoms with E-state index in [0.29, 0.717) is 11.3 Å². The van der Waals surface area contributed by atoms with Gasteiger partial charge in [0.1, 0.15) is 12.1 Å². The molecular formula is C11H9FN4S. The molecule has 4 nitrogen and oxygen atoms in total. The lowest BCUT2D eigenvalue weighted by Gasteiger charge is -2.02. The first-order valence-electron chi connectivity index (χ1n) is 4.85. The molecule has 86 valence electrons. The van der Waals surface area contributed by atoms with Crippen molar-refractivity contribution in [1.29, 1.82) is 5.26 Å². The molecule has 0 fully saturated rings. The zero-order valence-corrected chi connectivity index (χ0v) is 9.91. The minimum Gasteiger partial charge on any atom is -0.312 e. The molecule has 0 aliphatic heterocycles. The number of halogens is 1. The molecule has 0 saturated heterocycles. The van der Waals surface area contributed by atoms with Crippen LogP contribution in [0.1, 0.15) is 11.1 Å². The summed E-state index contributed by atoms with van der Waals surface area (Å²) in [6.45, 7) is 0. The van der Waals surface area contributed by atoms with Crippen LogP contribution in [0.25, 0.3) is 0 Å². The molecule has 0 amide bonds. The van der Waals surface area contributed by atoms with Gasteiger partial charge in [-0.3, -0.25) is 0 Å². The Morgan fingerprint density at radius 3 is 2.94 bits per heavy atom. The third-order valence-electron chi connectivity index (χ3n) is 2.12. The van der Waals surface area contributed by atoms with E-state index < -0.39 is 5.82 Å². The lowest BCUT2D eigenvalue weighted by molar-refractivity contribution is 0.626. The van der Waals surface area contributed by atoms with Gasteiger partial charge in [-0.25, -0.2) is 4.39 Å². The van der Waals surface area contributed by atoms with Crippen molar-refractivity contribution in [3.8, 4) is 6.07 Å². The molecule has 1 aromatic heterocycles. The van der Waals surface area contributed by atoms with Gasteiger partial charge >= 0.3 is 0 Å². The summed E-state index contributed by atoms with van der Waals surface area (Å²) < 4.78 is 15.0. The zero-order chi connectivity index (χ0) is 12.3. The van der Waals surface area contributed by atoms with Gasteiger partial charge in [-0.15, -0.1) is 10.2 Å². The van der Waals surface area contributed by atoms with Gasteiger partial charge in [-0.1, -0.05) is 11.8 Å². The minimum absolute atomic E-state index is 0.332. The lowest BCUT2D eigenvalue weighted by Crippen LogP contribution is -1.91. The standard InChI is InChI=1S/C11H9FN4S/c1-16-7-14-15-11(16)17-6-9-2-8(5-13)3-10(12)4-9/h2-4,7H,6H2,1H3. The first-order valence-corrected chi connectivity index (χ1v) is 5.84. The van der Waals surface area contributed by atoms with E-state index >= 15 is 0 Å². The Hall–Kier alpha value is -1.87. The largest absolute Gasteiger partial charge is 0.312 e. The first kappa shape index (κ1) is 11.6. The molecule has 0 unspecified atom stereocenters. The van der Waals surface area contributed by atoms with Crippen LogP contribution in [0, 0.1) is 17.1 Å². The van der Waals surface area contributed by atoms with E-state index in [0.717, 1.165) is 10.7 Å². The SMILES string of the molecule is Cn1cnnc1SCc1cc(F)cc(C#N)c1. The molecule has 0 aliphatic rings. The Labute approximate surface area is 102 Å². The summed E-state index contributed by atoms with van der Waals surface area (Å²) in [5.74, 6) is 0.163. The van der Waals surface area contributed by atoms with E-state index in [1.54, 1.807) is 17.0 Å². The number of aryl methyl sites for hydroxylation is 1. The average Bonchev–Trinajstić information content (AvgIpc) is 2.71. The summed E-state index contributed by atoms with van der Waals surface area (Å²) in [5, 5.41) is 17.2. The van der Waals surface area contributed by atoms with Gasteiger partial charge in [0.2, 0.25) is 0 Å². The Bertz CT molecular complexity index is 573. The van der Waals surface area contributed by atoms with Gasteiger partial charge in [0, 0.05) is 12.8 Å². The van der Waals surface area contributed by atoms with Crippen molar-refractivity contribution in [2.75, 3.05) is 0 Å². The Morgan fingerprint density at radius 2 is 2.29 bits per heavy atom. The average molecular weight is 248 g/mol. The van der Waals surface area contributed by atoms with Crippen LogP contribution < -0.4 is 0 Å². The molecule has 0 radical (unpaired) electrons. The minimum atomic E-state index is -0.391. The number of aromatic nitrogens is 3. The predicted molar refractivity (Wildman–Crippen MR) is 61.7 cm³/mol. The van der Waals surface area contributed by atoms with Crippen molar-refractivity contribution in [3.63, 3.8) is 0 Å². The number of hydrogen-bond acceptors (Lipinski definition) is 4. The number of nitrogens with zero attached hydrogens (tertiary/aromatic N) is 4. The summed E-state index contributed by atoms with van der Waals surface area (Å²) in [4.78, 5) is 0. The van der Waals surface area contributed by atoms with Crippen LogP contribution in [0.4, 0.5) is 4.39 Å². The van der Waals surface area contributed by atoms with Gasteiger partial charge in [-0.05, 0) is 23.8 Å². The third-order valence-corrected chi connectivity index (χ3v) is 3.23. The molecule has 2 rings (SSSR count). The van der Waals surface area contributed by atoms with E-state index in [9.17, 15) is 4.39 Å². The Balaban J connectivity index is 2.12. The highest BCUT2D eigenvalue weighted by atomic mass is 32.2. The highest BCUT2D eigenvalue weighted by Crippen LogP contribution is 2.21. The van der Waals surface area contributed by atoms with Crippen LogP contribution in [0.15, 0.2) is 29.7 Å². The molecule has 0 N–H and O–H groups in total. The maximum Gasteiger partial charge on any atom is 0.191 e. The van der Waals surface area contributed by atoms with Gasteiger partial charge in [-0.2, -0.15) is 5.26 Å². The highest BCUT2D eigenvalue weighted by molar-refractivity contribution is 7.98. The van der Waals surface area contributed by atoms with Gasteiger partial charge in [0.05, 0.1) is 11.6 Å². The molecule has 0 saturated carbocycles. The van der Waals surface area contributed by atoms with Crippen LogP contribution in [-0.2, 0) is 12.8 Å². The predicted octanol–water partition coefficient (Wildman–Crippen LogP) is 2.12. The van der Waals surface area contributed by atoms with E-state index in [1.807, 2.05) is 13.1 Å². The van der Waals surface area contributed by atoms with E-state index in [-0.39, 0.29) is 0 Å². The molecule has 1 heterocycles. The van der Waals surface area contributed by atoms with E-state index in [4.69, 9.17) is 5.26 Å². The van der Waals surface area contributed by atoms with Crippen LogP contribution in [0.5, 0.6) is 0 Å². The van der Waals surface area contributed by atoms with Crippen LogP contribution >= 0.6 is 11.8 Å². The Morgan fingerprint density at radius 1 is 1.47 bits per heavy atom. The van der Waals surface area contributed by atoms with Crippen molar-refractivity contribution in [3.05, 3.63) is 41.5 Å². The smallest absolute Gasteiger partial charge is 0.191 e. The quantitative estimate of drug-likeness (QED) is 0.781. The van der Waals surface area contributed by atoms with E-state index in [1.165, 1.54) is 23.9 Å². The number of benzene rings is 1. The fourth-order valence-electron chi connectivity index (χ4n) is 1.35. The number of rotatable bonds is 3. The fourth-order valence-corrected chi connectivity index (χ4v) is 2.17. The van der Waals surface area contributed by atoms with Gasteiger partial charge in [0.25, 0.3) is 0 Å². The number of hydrogen-bond donors (Lipinski definition) is 0. The molecule has 1 aromatic carbocycles. The summed E-state index contributed by atoms with van der Waals surface area (Å²) in [7, 11) is 1.84. The van der Waals surface area contributed by atoms with Crippen molar-refractivity contribution < 1.29 is 4.39 Å². The fraction of sp³-hybridized carbons (Fsp3) is 0.182. The third kappa shape index (κ3) is 2.82. The lowest BCUT2D eigenvalue weighted by atomic mass is 10.1. The number of thioether (sulfide) groups is 1. The van der Waals surface area contributed by atoms with Crippen molar-refractivity contribution in [1.82, 2.24) is 14.8 Å². The molecule has 0 atom stereocenters. The normalized spacial score (nSPS) is 10.2. The molecule has 0 bridgehead atoms. The second kappa shape index (κ2) is 4.97. The molecule has 0 aliphatic carbocycles. The first-order chi connectivity index (χ1) is 8.19. The Kier molecular flexibility index (Phi) is 3.40. The van der Waals surface area contributed by atoms with Crippen LogP contribution in [-0.4, -0.2) is 14.8 Å². The summed E-state index contributed by atoms with van der Waals surface area (Å²) >= 11 is 1.45. The molecule has 2 aromatic rings. The van der Waals surface area contributed by atoms with Gasteiger partial charge in [0.15, 0.2) is 5.16 Å². The summed E-state index contributed by atoms with van der Waals surface area (Å²) in [6.07, 6.45) is 1.61. The topological polar surface area (TPSA) is 54.5 Å². The molecule has 6 heteroatoms.